The standard InChI is InChI=1S/C27H53O8P.C2H7NO/c1-3-5-7-9-11-13-15-17-19-21-26(28)33-23-25(24-34-36(30,31)32)35-27(29)22-20-18-16-14-12-10-8-6-4-2;3-1-2-4/h25H,3-24H2,1-2H3,(H2,30,31,32);4H,1-3H2/t25-;/m1./s1. The van der Waals surface area contributed by atoms with E-state index >= 15 is 0 Å². The number of nitrogens with two attached hydrogens (primary N) is 1. The first kappa shape index (κ1) is 41.1. The number of phosphoric ester groups is 1. The molecule has 0 aliphatic carbocycles. The first-order valence-electron chi connectivity index (χ1n) is 15.6. The molecule has 40 heavy (non-hydrogen) atoms. The molecule has 11 heteroatoms. The molecule has 0 spiro atoms. The van der Waals surface area contributed by atoms with Crippen LogP contribution in [0, 0.1) is 0 Å². The van der Waals surface area contributed by atoms with Gasteiger partial charge in [0, 0.05) is 19.4 Å². The highest BCUT2D eigenvalue weighted by molar-refractivity contribution is 7.46. The van der Waals surface area contributed by atoms with Crippen molar-refractivity contribution in [1.29, 1.82) is 0 Å². The van der Waals surface area contributed by atoms with Crippen LogP contribution in [-0.4, -0.2) is 59.3 Å². The molecule has 0 aliphatic rings. The fourth-order valence-corrected chi connectivity index (χ4v) is 4.32. The Morgan fingerprint density at radius 1 is 0.675 bits per heavy atom. The Bertz CT molecular complexity index is 614. The van der Waals surface area contributed by atoms with E-state index in [0.29, 0.717) is 13.0 Å². The summed E-state index contributed by atoms with van der Waals surface area (Å²) in [7, 11) is -4.72. The summed E-state index contributed by atoms with van der Waals surface area (Å²) < 4.78 is 26.0. The smallest absolute Gasteiger partial charge is 0.462 e. The van der Waals surface area contributed by atoms with E-state index in [2.05, 4.69) is 18.4 Å². The number of aliphatic hydroxyl groups excluding tert-OH is 1. The lowest BCUT2D eigenvalue weighted by Gasteiger charge is -2.18. The number of carbonyl (C=O) groups excluding carboxylic acids is 2. The molecule has 0 unspecified atom stereocenters. The molecule has 0 saturated heterocycles. The van der Waals surface area contributed by atoms with Crippen molar-refractivity contribution in [2.24, 2.45) is 5.73 Å². The fourth-order valence-electron chi connectivity index (χ4n) is 3.96. The summed E-state index contributed by atoms with van der Waals surface area (Å²) in [6, 6.07) is 0. The molecule has 5 N–H and O–H groups in total. The molecule has 0 heterocycles. The number of aliphatic hydroxyl groups is 1. The summed E-state index contributed by atoms with van der Waals surface area (Å²) in [5.74, 6) is -0.888. The quantitative estimate of drug-likeness (QED) is 0.0477. The fraction of sp³-hybridized carbons (Fsp3) is 0.931. The van der Waals surface area contributed by atoms with Crippen molar-refractivity contribution < 1.29 is 43.0 Å². The van der Waals surface area contributed by atoms with Crippen molar-refractivity contribution in [1.82, 2.24) is 0 Å². The normalized spacial score (nSPS) is 11.9. The number of ether oxygens (including phenoxy) is 2. The Hall–Kier alpha value is -1.03. The lowest BCUT2D eigenvalue weighted by molar-refractivity contribution is -0.161. The summed E-state index contributed by atoms with van der Waals surface area (Å²) in [6.45, 7) is 4.07. The molecule has 0 aliphatic heterocycles. The van der Waals surface area contributed by atoms with E-state index < -0.39 is 32.5 Å². The predicted molar refractivity (Wildman–Crippen MR) is 159 cm³/mol. The average molecular weight is 598 g/mol. The van der Waals surface area contributed by atoms with E-state index in [0.717, 1.165) is 38.5 Å². The highest BCUT2D eigenvalue weighted by Gasteiger charge is 2.22. The maximum atomic E-state index is 12.2. The van der Waals surface area contributed by atoms with Crippen LogP contribution in [0.2, 0.25) is 0 Å². The molecule has 0 aromatic carbocycles. The van der Waals surface area contributed by atoms with E-state index in [1.54, 1.807) is 0 Å². The van der Waals surface area contributed by atoms with Crippen LogP contribution in [0.15, 0.2) is 0 Å². The monoisotopic (exact) mass is 597 g/mol. The van der Waals surface area contributed by atoms with Crippen LogP contribution < -0.4 is 5.73 Å². The molecule has 0 bridgehead atoms. The molecule has 1 atom stereocenters. The first-order chi connectivity index (χ1) is 19.2. The van der Waals surface area contributed by atoms with Gasteiger partial charge in [-0.1, -0.05) is 117 Å². The summed E-state index contributed by atoms with van der Waals surface area (Å²) in [5, 5.41) is 7.75. The number of carbonyl (C=O) groups is 2. The number of unbranched alkanes of at least 4 members (excludes halogenated alkanes) is 16. The molecular formula is C29H60NO9P. The van der Waals surface area contributed by atoms with Crippen LogP contribution in [0.3, 0.4) is 0 Å². The van der Waals surface area contributed by atoms with Gasteiger partial charge in [0.15, 0.2) is 6.10 Å². The number of rotatable bonds is 27. The highest BCUT2D eigenvalue weighted by atomic mass is 31.2. The summed E-state index contributed by atoms with van der Waals surface area (Å²) in [4.78, 5) is 42.1. The largest absolute Gasteiger partial charge is 0.469 e. The van der Waals surface area contributed by atoms with Crippen molar-refractivity contribution in [3.8, 4) is 0 Å². The minimum Gasteiger partial charge on any atom is -0.462 e. The van der Waals surface area contributed by atoms with Gasteiger partial charge in [-0.25, -0.2) is 4.57 Å². The van der Waals surface area contributed by atoms with Gasteiger partial charge in [-0.2, -0.15) is 0 Å². The van der Waals surface area contributed by atoms with Crippen LogP contribution in [0.5, 0.6) is 0 Å². The van der Waals surface area contributed by atoms with Gasteiger partial charge in [-0.3, -0.25) is 14.1 Å². The van der Waals surface area contributed by atoms with Gasteiger partial charge in [0.2, 0.25) is 0 Å². The van der Waals surface area contributed by atoms with E-state index in [1.165, 1.54) is 70.6 Å². The van der Waals surface area contributed by atoms with Crippen molar-refractivity contribution in [3.63, 3.8) is 0 Å². The van der Waals surface area contributed by atoms with Gasteiger partial charge >= 0.3 is 19.8 Å². The Morgan fingerprint density at radius 3 is 1.43 bits per heavy atom. The summed E-state index contributed by atoms with van der Waals surface area (Å²) in [6.07, 6.45) is 19.9. The Balaban J connectivity index is 0. The first-order valence-corrected chi connectivity index (χ1v) is 17.1. The molecule has 0 saturated carbocycles. The van der Waals surface area contributed by atoms with E-state index in [4.69, 9.17) is 30.1 Å². The minimum absolute atomic E-state index is 0.0972. The molecule has 10 nitrogen and oxygen atoms in total. The van der Waals surface area contributed by atoms with Crippen LogP contribution >= 0.6 is 7.82 Å². The van der Waals surface area contributed by atoms with E-state index in [1.807, 2.05) is 0 Å². The SMILES string of the molecule is CCCCCCCCCCCC(=O)OC[C@H](COP(=O)(O)O)OC(=O)CCCCCCCCCCC.NCCO. The molecular weight excluding hydrogens is 537 g/mol. The number of hydrogen-bond donors (Lipinski definition) is 4. The lowest BCUT2D eigenvalue weighted by Crippen LogP contribution is -2.29. The molecule has 0 aromatic heterocycles. The third kappa shape index (κ3) is 35.0. The minimum atomic E-state index is -4.72. The Morgan fingerprint density at radius 2 is 1.05 bits per heavy atom. The molecule has 0 fully saturated rings. The zero-order chi connectivity index (χ0) is 30.3. The topological polar surface area (TPSA) is 166 Å². The molecule has 0 radical (unpaired) electrons. The summed E-state index contributed by atoms with van der Waals surface area (Å²) in [5.41, 5.74) is 4.78. The van der Waals surface area contributed by atoms with E-state index in [-0.39, 0.29) is 26.1 Å². The van der Waals surface area contributed by atoms with Gasteiger partial charge in [-0.15, -0.1) is 0 Å². The number of hydrogen-bond acceptors (Lipinski definition) is 8. The Kier molecular flexibility index (Phi) is 31.8. The third-order valence-electron chi connectivity index (χ3n) is 6.25. The van der Waals surface area contributed by atoms with Crippen LogP contribution in [0.25, 0.3) is 0 Å². The number of phosphoric acid groups is 1. The zero-order valence-corrected chi connectivity index (χ0v) is 26.3. The van der Waals surface area contributed by atoms with Gasteiger partial charge in [-0.05, 0) is 12.8 Å². The molecule has 0 amide bonds. The van der Waals surface area contributed by atoms with Crippen molar-refractivity contribution in [3.05, 3.63) is 0 Å². The maximum Gasteiger partial charge on any atom is 0.469 e. The van der Waals surface area contributed by atoms with Gasteiger partial charge < -0.3 is 30.1 Å². The van der Waals surface area contributed by atoms with Crippen molar-refractivity contribution >= 4 is 19.8 Å². The highest BCUT2D eigenvalue weighted by Crippen LogP contribution is 2.35. The zero-order valence-electron chi connectivity index (χ0n) is 25.4. The molecule has 0 aromatic rings. The van der Waals surface area contributed by atoms with Gasteiger partial charge in [0.1, 0.15) is 6.61 Å². The second-order valence-electron chi connectivity index (χ2n) is 10.3. The lowest BCUT2D eigenvalue weighted by atomic mass is 10.1. The van der Waals surface area contributed by atoms with Crippen molar-refractivity contribution in [2.75, 3.05) is 26.4 Å². The predicted octanol–water partition coefficient (Wildman–Crippen LogP) is 6.33. The van der Waals surface area contributed by atoms with Crippen LogP contribution in [0.1, 0.15) is 142 Å². The molecule has 0 rings (SSSR count). The Labute approximate surface area is 243 Å². The van der Waals surface area contributed by atoms with E-state index in [9.17, 15) is 14.2 Å². The number of esters is 2. The van der Waals surface area contributed by atoms with Crippen molar-refractivity contribution in [2.45, 2.75) is 148 Å². The van der Waals surface area contributed by atoms with Crippen LogP contribution in [0.4, 0.5) is 0 Å². The average Bonchev–Trinajstić information content (AvgIpc) is 2.92. The second-order valence-corrected chi connectivity index (χ2v) is 11.5. The molecule has 240 valence electrons. The summed E-state index contributed by atoms with van der Waals surface area (Å²) >= 11 is 0. The second kappa shape index (κ2) is 30.9. The van der Waals surface area contributed by atoms with Gasteiger partial charge in [0.05, 0.1) is 13.2 Å². The maximum absolute atomic E-state index is 12.2. The van der Waals surface area contributed by atoms with Gasteiger partial charge in [0.25, 0.3) is 0 Å². The third-order valence-corrected chi connectivity index (χ3v) is 6.74. The van der Waals surface area contributed by atoms with Crippen LogP contribution in [-0.2, 0) is 28.2 Å².